The fourth-order valence-electron chi connectivity index (χ4n) is 2.24. The minimum Gasteiger partial charge on any atom is -0.489 e. The van der Waals surface area contributed by atoms with Crippen LogP contribution in [0.5, 0.6) is 5.75 Å². The number of amides is 1. The summed E-state index contributed by atoms with van der Waals surface area (Å²) in [5.41, 5.74) is 0.953. The highest BCUT2D eigenvalue weighted by molar-refractivity contribution is 6.46. The second kappa shape index (κ2) is 8.19. The summed E-state index contributed by atoms with van der Waals surface area (Å²) in [6.07, 6.45) is 0. The van der Waals surface area contributed by atoms with Gasteiger partial charge in [0, 0.05) is 12.5 Å². The van der Waals surface area contributed by atoms with Crippen LogP contribution in [0, 0.1) is 11.2 Å². The Hall–Kier alpha value is -3.02. The van der Waals surface area contributed by atoms with E-state index in [1.54, 1.807) is 36.4 Å². The van der Waals surface area contributed by atoms with Crippen molar-refractivity contribution in [3.8, 4) is 5.75 Å². The summed E-state index contributed by atoms with van der Waals surface area (Å²) in [4.78, 5) is 23.1. The first-order valence-corrected chi connectivity index (χ1v) is 7.74. The van der Waals surface area contributed by atoms with E-state index in [9.17, 15) is 14.0 Å². The fraction of sp³-hybridized carbons (Fsp3) is 0.211. The third kappa shape index (κ3) is 5.24. The fourth-order valence-corrected chi connectivity index (χ4v) is 2.24. The van der Waals surface area contributed by atoms with Crippen LogP contribution in [0.2, 0.25) is 0 Å². The highest BCUT2D eigenvalue weighted by Gasteiger charge is 2.19. The normalized spacial score (nSPS) is 11.5. The number of rotatable bonds is 7. The molecule has 0 saturated carbocycles. The first-order valence-electron chi connectivity index (χ1n) is 7.74. The van der Waals surface area contributed by atoms with E-state index >= 15 is 0 Å². The lowest BCUT2D eigenvalue weighted by atomic mass is 10.0. The Morgan fingerprint density at radius 2 is 1.88 bits per heavy atom. The van der Waals surface area contributed by atoms with Gasteiger partial charge in [0.05, 0.1) is 6.04 Å². The van der Waals surface area contributed by atoms with Crippen molar-refractivity contribution in [2.75, 3.05) is 0 Å². The van der Waals surface area contributed by atoms with Crippen molar-refractivity contribution in [2.24, 2.45) is 0 Å². The number of ether oxygens (including phenoxy) is 1. The average Bonchev–Trinajstić information content (AvgIpc) is 2.58. The number of ketones is 1. The molecule has 0 aliphatic carbocycles. The van der Waals surface area contributed by atoms with Gasteiger partial charge in [-0.1, -0.05) is 12.1 Å². The largest absolute Gasteiger partial charge is 0.489 e. The van der Waals surface area contributed by atoms with E-state index in [0.717, 1.165) is 0 Å². The first kappa shape index (κ1) is 18.3. The van der Waals surface area contributed by atoms with E-state index in [0.29, 0.717) is 16.9 Å². The molecule has 0 saturated heterocycles. The molecule has 130 valence electrons. The van der Waals surface area contributed by atoms with Gasteiger partial charge in [0.25, 0.3) is 0 Å². The molecule has 2 N–H and O–H groups in total. The number of benzene rings is 2. The van der Waals surface area contributed by atoms with Gasteiger partial charge >= 0.3 is 0 Å². The maximum Gasteiger partial charge on any atom is 0.217 e. The Bertz CT molecular complexity index is 788. The molecule has 5 nitrogen and oxygen atoms in total. The molecule has 0 unspecified atom stereocenters. The van der Waals surface area contributed by atoms with E-state index in [2.05, 4.69) is 5.32 Å². The van der Waals surface area contributed by atoms with Crippen molar-refractivity contribution in [3.63, 3.8) is 0 Å². The molecule has 1 amide bonds. The molecule has 0 bridgehead atoms. The van der Waals surface area contributed by atoms with Gasteiger partial charge in [-0.05, 0) is 48.9 Å². The molecule has 0 heterocycles. The number of nitrogens with one attached hydrogen (secondary N) is 2. The zero-order valence-corrected chi connectivity index (χ0v) is 14.0. The molecule has 2 aromatic carbocycles. The van der Waals surface area contributed by atoms with Crippen molar-refractivity contribution >= 4 is 17.4 Å². The van der Waals surface area contributed by atoms with Gasteiger partial charge in [-0.25, -0.2) is 4.39 Å². The molecule has 0 radical (unpaired) electrons. The predicted molar refractivity (Wildman–Crippen MR) is 92.3 cm³/mol. The average molecular weight is 342 g/mol. The minimum atomic E-state index is -0.756. The van der Waals surface area contributed by atoms with E-state index in [1.807, 2.05) is 0 Å². The van der Waals surface area contributed by atoms with Gasteiger partial charge in [0.1, 0.15) is 23.9 Å². The van der Waals surface area contributed by atoms with Gasteiger partial charge in [0.15, 0.2) is 0 Å². The molecular formula is C19H19FN2O3. The van der Waals surface area contributed by atoms with Crippen molar-refractivity contribution in [3.05, 3.63) is 65.5 Å². The third-order valence-corrected chi connectivity index (χ3v) is 3.50. The molecule has 0 spiro atoms. The number of hydrogen-bond donors (Lipinski definition) is 2. The molecule has 0 aliphatic rings. The van der Waals surface area contributed by atoms with E-state index < -0.39 is 11.8 Å². The summed E-state index contributed by atoms with van der Waals surface area (Å²) in [5, 5.41) is 10.4. The molecular weight excluding hydrogens is 323 g/mol. The van der Waals surface area contributed by atoms with Crippen LogP contribution in [0.4, 0.5) is 4.39 Å². The molecule has 6 heteroatoms. The zero-order chi connectivity index (χ0) is 18.4. The molecule has 0 fully saturated rings. The highest BCUT2D eigenvalue weighted by Crippen LogP contribution is 2.15. The summed E-state index contributed by atoms with van der Waals surface area (Å²) < 4.78 is 18.7. The quantitative estimate of drug-likeness (QED) is 0.760. The molecule has 0 aromatic heterocycles. The minimum absolute atomic E-state index is 0.182. The number of carbonyl (C=O) groups is 2. The molecule has 2 aromatic rings. The van der Waals surface area contributed by atoms with Gasteiger partial charge in [-0.3, -0.25) is 15.0 Å². The Morgan fingerprint density at radius 3 is 2.48 bits per heavy atom. The SMILES string of the molecule is CC(=O)N[C@H](C)C(=O)C(=N)c1ccc(OCc2cccc(F)c2)cc1. The topological polar surface area (TPSA) is 79.3 Å². The van der Waals surface area contributed by atoms with Crippen LogP contribution < -0.4 is 10.1 Å². The monoisotopic (exact) mass is 342 g/mol. The van der Waals surface area contributed by atoms with Gasteiger partial charge in [-0.2, -0.15) is 0 Å². The van der Waals surface area contributed by atoms with Crippen LogP contribution in [-0.2, 0) is 16.2 Å². The second-order valence-corrected chi connectivity index (χ2v) is 5.60. The summed E-state index contributed by atoms with van der Waals surface area (Å²) in [5.74, 6) is -0.571. The first-order chi connectivity index (χ1) is 11.9. The molecule has 1 atom stereocenters. The lowest BCUT2D eigenvalue weighted by Gasteiger charge is -2.12. The maximum absolute atomic E-state index is 13.1. The maximum atomic E-state index is 13.1. The second-order valence-electron chi connectivity index (χ2n) is 5.60. The summed E-state index contributed by atoms with van der Waals surface area (Å²) >= 11 is 0. The van der Waals surface area contributed by atoms with E-state index in [1.165, 1.54) is 26.0 Å². The highest BCUT2D eigenvalue weighted by atomic mass is 19.1. The Morgan fingerprint density at radius 1 is 1.20 bits per heavy atom. The molecule has 2 rings (SSSR count). The van der Waals surface area contributed by atoms with Gasteiger partial charge < -0.3 is 10.1 Å². The standard InChI is InChI=1S/C19H19FN2O3/c1-12(22-13(2)23)19(24)18(21)15-6-8-17(9-7-15)25-11-14-4-3-5-16(20)10-14/h3-10,12,21H,11H2,1-2H3,(H,22,23)/t12-/m1/s1. The lowest BCUT2D eigenvalue weighted by Crippen LogP contribution is -2.40. The lowest BCUT2D eigenvalue weighted by molar-refractivity contribution is -0.123. The predicted octanol–water partition coefficient (Wildman–Crippen LogP) is 2.87. The third-order valence-electron chi connectivity index (χ3n) is 3.50. The van der Waals surface area contributed by atoms with Crippen molar-refractivity contribution in [1.29, 1.82) is 5.41 Å². The number of carbonyl (C=O) groups excluding carboxylic acids is 2. The Labute approximate surface area is 145 Å². The van der Waals surface area contributed by atoms with Gasteiger partial charge in [-0.15, -0.1) is 0 Å². The summed E-state index contributed by atoms with van der Waals surface area (Å²) in [6.45, 7) is 3.07. The van der Waals surface area contributed by atoms with E-state index in [-0.39, 0.29) is 24.0 Å². The van der Waals surface area contributed by atoms with Crippen LogP contribution in [-0.4, -0.2) is 23.4 Å². The van der Waals surface area contributed by atoms with E-state index in [4.69, 9.17) is 10.1 Å². The van der Waals surface area contributed by atoms with Crippen LogP contribution in [0.25, 0.3) is 0 Å². The zero-order valence-electron chi connectivity index (χ0n) is 14.0. The smallest absolute Gasteiger partial charge is 0.217 e. The number of hydrogen-bond acceptors (Lipinski definition) is 4. The Balaban J connectivity index is 1.98. The van der Waals surface area contributed by atoms with Crippen molar-refractivity contribution in [2.45, 2.75) is 26.5 Å². The summed E-state index contributed by atoms with van der Waals surface area (Å²) in [6, 6.07) is 11.8. The van der Waals surface area contributed by atoms with Crippen molar-refractivity contribution < 1.29 is 18.7 Å². The van der Waals surface area contributed by atoms with Crippen molar-refractivity contribution in [1.82, 2.24) is 5.32 Å². The summed E-state index contributed by atoms with van der Waals surface area (Å²) in [7, 11) is 0. The molecule has 25 heavy (non-hydrogen) atoms. The number of halogens is 1. The Kier molecular flexibility index (Phi) is 6.00. The van der Waals surface area contributed by atoms with Crippen LogP contribution in [0.15, 0.2) is 48.5 Å². The van der Waals surface area contributed by atoms with Crippen LogP contribution in [0.1, 0.15) is 25.0 Å². The van der Waals surface area contributed by atoms with Gasteiger partial charge in [0.2, 0.25) is 11.7 Å². The molecule has 0 aliphatic heterocycles. The van der Waals surface area contributed by atoms with Crippen LogP contribution in [0.3, 0.4) is 0 Å². The van der Waals surface area contributed by atoms with Crippen LogP contribution >= 0.6 is 0 Å². The number of Topliss-reactive ketones (excluding diaryl/α,β-unsaturated/α-hetero) is 1.